The van der Waals surface area contributed by atoms with Gasteiger partial charge in [0.25, 0.3) is 0 Å². The van der Waals surface area contributed by atoms with Crippen molar-refractivity contribution in [1.29, 1.82) is 0 Å². The van der Waals surface area contributed by atoms with Crippen molar-refractivity contribution in [2.24, 2.45) is 5.73 Å². The third-order valence-electron chi connectivity index (χ3n) is 3.47. The predicted molar refractivity (Wildman–Crippen MR) is 77.5 cm³/mol. The van der Waals surface area contributed by atoms with Gasteiger partial charge in [-0.25, -0.2) is 0 Å². The number of rotatable bonds is 11. The Bertz CT molecular complexity index is 233. The monoisotopic (exact) mass is 257 g/mol. The fourth-order valence-corrected chi connectivity index (χ4v) is 2.09. The molecule has 0 aliphatic rings. The van der Waals surface area contributed by atoms with Gasteiger partial charge in [0, 0.05) is 0 Å². The van der Waals surface area contributed by atoms with Gasteiger partial charge < -0.3 is 16.0 Å². The zero-order chi connectivity index (χ0) is 14.0. The largest absolute Gasteiger partial charge is 0.368 e. The smallest absolute Gasteiger partial charge is 0.237 e. The molecule has 0 fully saturated rings. The first kappa shape index (κ1) is 17.4. The number of hydrogen-bond donors (Lipinski definition) is 2. The van der Waals surface area contributed by atoms with Gasteiger partial charge in [-0.05, 0) is 59.3 Å². The summed E-state index contributed by atoms with van der Waals surface area (Å²) < 4.78 is 0. The van der Waals surface area contributed by atoms with E-state index in [-0.39, 0.29) is 5.91 Å². The zero-order valence-corrected chi connectivity index (χ0v) is 12.6. The number of amides is 1. The fraction of sp³-hybridized carbons (Fsp3) is 0.929. The second-order valence-corrected chi connectivity index (χ2v) is 5.34. The molecule has 0 aliphatic heterocycles. The molecule has 0 bridgehead atoms. The summed E-state index contributed by atoms with van der Waals surface area (Å²) in [6.45, 7) is 9.15. The van der Waals surface area contributed by atoms with Crippen LogP contribution < -0.4 is 11.1 Å². The molecular formula is C14H31N3O. The Morgan fingerprint density at radius 1 is 1.22 bits per heavy atom. The molecule has 0 saturated heterocycles. The van der Waals surface area contributed by atoms with Gasteiger partial charge in [-0.2, -0.15) is 0 Å². The minimum atomic E-state index is -0.545. The molecule has 0 aromatic rings. The lowest BCUT2D eigenvalue weighted by molar-refractivity contribution is -0.124. The molecule has 1 unspecified atom stereocenters. The Morgan fingerprint density at radius 3 is 2.33 bits per heavy atom. The minimum absolute atomic E-state index is 0.247. The first-order chi connectivity index (χ1) is 8.46. The zero-order valence-electron chi connectivity index (χ0n) is 12.6. The molecule has 108 valence electrons. The molecule has 0 heterocycles. The maximum absolute atomic E-state index is 11.4. The van der Waals surface area contributed by atoms with E-state index in [0.717, 1.165) is 38.9 Å². The summed E-state index contributed by atoms with van der Waals surface area (Å²) in [5.74, 6) is -0.247. The van der Waals surface area contributed by atoms with Crippen LogP contribution >= 0.6 is 0 Å². The number of nitrogens with two attached hydrogens (primary N) is 1. The Labute approximate surface area is 112 Å². The standard InChI is InChI=1S/C14H31N3O/c1-5-7-11-17(4)12-9-8-10-14(3,13(15)18)16-6-2/h16H,5-12H2,1-4H3,(H2,15,18). The normalized spacial score (nSPS) is 14.7. The highest BCUT2D eigenvalue weighted by molar-refractivity contribution is 5.84. The topological polar surface area (TPSA) is 58.4 Å². The van der Waals surface area contributed by atoms with Crippen LogP contribution in [0.4, 0.5) is 0 Å². The molecule has 0 aromatic carbocycles. The van der Waals surface area contributed by atoms with Gasteiger partial charge in [0.1, 0.15) is 0 Å². The summed E-state index contributed by atoms with van der Waals surface area (Å²) in [6, 6.07) is 0. The second kappa shape index (κ2) is 9.34. The number of nitrogens with one attached hydrogen (secondary N) is 1. The van der Waals surface area contributed by atoms with E-state index in [0.29, 0.717) is 0 Å². The highest BCUT2D eigenvalue weighted by Crippen LogP contribution is 2.13. The molecule has 3 N–H and O–H groups in total. The number of carbonyl (C=O) groups excluding carboxylic acids is 1. The van der Waals surface area contributed by atoms with Crippen molar-refractivity contribution in [2.45, 2.75) is 58.4 Å². The van der Waals surface area contributed by atoms with Gasteiger partial charge >= 0.3 is 0 Å². The molecule has 4 heteroatoms. The average molecular weight is 257 g/mol. The van der Waals surface area contributed by atoms with Crippen LogP contribution in [0.25, 0.3) is 0 Å². The summed E-state index contributed by atoms with van der Waals surface area (Å²) in [4.78, 5) is 13.8. The maximum atomic E-state index is 11.4. The lowest BCUT2D eigenvalue weighted by atomic mass is 9.94. The fourth-order valence-electron chi connectivity index (χ4n) is 2.09. The van der Waals surface area contributed by atoms with Crippen molar-refractivity contribution >= 4 is 5.91 Å². The SMILES string of the molecule is CCCCN(C)CCCCC(C)(NCC)C(N)=O. The van der Waals surface area contributed by atoms with Crippen molar-refractivity contribution in [3.05, 3.63) is 0 Å². The Morgan fingerprint density at radius 2 is 1.83 bits per heavy atom. The third kappa shape index (κ3) is 6.97. The molecular weight excluding hydrogens is 226 g/mol. The number of hydrogen-bond acceptors (Lipinski definition) is 3. The van der Waals surface area contributed by atoms with Crippen molar-refractivity contribution < 1.29 is 4.79 Å². The van der Waals surface area contributed by atoms with Crippen molar-refractivity contribution in [3.8, 4) is 0 Å². The average Bonchev–Trinajstić information content (AvgIpc) is 2.32. The predicted octanol–water partition coefficient (Wildman–Crippen LogP) is 1.74. The van der Waals surface area contributed by atoms with E-state index in [4.69, 9.17) is 5.73 Å². The molecule has 0 saturated carbocycles. The highest BCUT2D eigenvalue weighted by atomic mass is 16.1. The Kier molecular flexibility index (Phi) is 9.02. The first-order valence-electron chi connectivity index (χ1n) is 7.19. The number of likely N-dealkylation sites (N-methyl/N-ethyl adjacent to an activating group) is 1. The highest BCUT2D eigenvalue weighted by Gasteiger charge is 2.28. The van der Waals surface area contributed by atoms with Crippen LogP contribution in [0.3, 0.4) is 0 Å². The van der Waals surface area contributed by atoms with E-state index in [1.54, 1.807) is 0 Å². The second-order valence-electron chi connectivity index (χ2n) is 5.34. The molecule has 0 aromatic heterocycles. The molecule has 0 spiro atoms. The number of nitrogens with zero attached hydrogens (tertiary/aromatic N) is 1. The van der Waals surface area contributed by atoms with Gasteiger partial charge in [-0.15, -0.1) is 0 Å². The molecule has 0 rings (SSSR count). The number of primary amides is 1. The van der Waals surface area contributed by atoms with E-state index >= 15 is 0 Å². The molecule has 1 amide bonds. The minimum Gasteiger partial charge on any atom is -0.368 e. The van der Waals surface area contributed by atoms with Crippen LogP contribution in [0.2, 0.25) is 0 Å². The molecule has 0 aliphatic carbocycles. The summed E-state index contributed by atoms with van der Waals surface area (Å²) in [6.07, 6.45) is 5.46. The molecule has 18 heavy (non-hydrogen) atoms. The summed E-state index contributed by atoms with van der Waals surface area (Å²) in [7, 11) is 2.16. The van der Waals surface area contributed by atoms with Crippen molar-refractivity contribution in [2.75, 3.05) is 26.7 Å². The van der Waals surface area contributed by atoms with Gasteiger partial charge in [0.05, 0.1) is 5.54 Å². The van der Waals surface area contributed by atoms with Crippen LogP contribution in [0.5, 0.6) is 0 Å². The summed E-state index contributed by atoms with van der Waals surface area (Å²) in [5.41, 5.74) is 4.91. The van der Waals surface area contributed by atoms with Crippen LogP contribution in [-0.2, 0) is 4.79 Å². The van der Waals surface area contributed by atoms with E-state index in [1.165, 1.54) is 12.8 Å². The lowest BCUT2D eigenvalue weighted by Gasteiger charge is -2.27. The van der Waals surface area contributed by atoms with E-state index in [2.05, 4.69) is 24.2 Å². The Hall–Kier alpha value is -0.610. The van der Waals surface area contributed by atoms with Crippen molar-refractivity contribution in [1.82, 2.24) is 10.2 Å². The molecule has 4 nitrogen and oxygen atoms in total. The van der Waals surface area contributed by atoms with Crippen LogP contribution in [-0.4, -0.2) is 43.0 Å². The maximum Gasteiger partial charge on any atom is 0.237 e. The van der Waals surface area contributed by atoms with Gasteiger partial charge in [-0.3, -0.25) is 4.79 Å². The van der Waals surface area contributed by atoms with Gasteiger partial charge in [-0.1, -0.05) is 20.3 Å². The lowest BCUT2D eigenvalue weighted by Crippen LogP contribution is -2.53. The number of unbranched alkanes of at least 4 members (excludes halogenated alkanes) is 2. The van der Waals surface area contributed by atoms with E-state index < -0.39 is 5.54 Å². The summed E-state index contributed by atoms with van der Waals surface area (Å²) >= 11 is 0. The first-order valence-corrected chi connectivity index (χ1v) is 7.19. The third-order valence-corrected chi connectivity index (χ3v) is 3.47. The quantitative estimate of drug-likeness (QED) is 0.554. The van der Waals surface area contributed by atoms with Crippen LogP contribution in [0.1, 0.15) is 52.9 Å². The summed E-state index contributed by atoms with van der Waals surface area (Å²) in [5, 5.41) is 3.19. The van der Waals surface area contributed by atoms with E-state index in [9.17, 15) is 4.79 Å². The van der Waals surface area contributed by atoms with E-state index in [1.807, 2.05) is 13.8 Å². The van der Waals surface area contributed by atoms with Crippen molar-refractivity contribution in [3.63, 3.8) is 0 Å². The van der Waals surface area contributed by atoms with Crippen LogP contribution in [0, 0.1) is 0 Å². The molecule has 0 radical (unpaired) electrons. The molecule has 1 atom stereocenters. The Balaban J connectivity index is 3.83. The van der Waals surface area contributed by atoms with Gasteiger partial charge in [0.2, 0.25) is 5.91 Å². The number of carbonyl (C=O) groups is 1. The van der Waals surface area contributed by atoms with Gasteiger partial charge in [0.15, 0.2) is 0 Å². The van der Waals surface area contributed by atoms with Crippen LogP contribution in [0.15, 0.2) is 0 Å².